The van der Waals surface area contributed by atoms with Crippen molar-refractivity contribution in [1.82, 2.24) is 0 Å². The molecule has 0 N–H and O–H groups in total. The van der Waals surface area contributed by atoms with Crippen molar-refractivity contribution < 1.29 is 12.6 Å². The molecule has 1 aliphatic heterocycles. The van der Waals surface area contributed by atoms with Gasteiger partial charge in [0.15, 0.2) is 0 Å². The first-order valence-corrected chi connectivity index (χ1v) is 5.50. The molecule has 1 heterocycles. The summed E-state index contributed by atoms with van der Waals surface area (Å²) in [5, 5.41) is 0. The number of hydrogen-bond donors (Lipinski definition) is 0. The molecule has 62 valence electrons. The Morgan fingerprint density at radius 1 is 1.36 bits per heavy atom. The first-order chi connectivity index (χ1) is 5.14. The summed E-state index contributed by atoms with van der Waals surface area (Å²) in [4.78, 5) is -0.671. The van der Waals surface area contributed by atoms with Crippen LogP contribution in [0.1, 0.15) is 25.7 Å². The van der Waals surface area contributed by atoms with E-state index < -0.39 is 15.1 Å². The number of fused-ring (bicyclic) bond motifs is 3. The van der Waals surface area contributed by atoms with Gasteiger partial charge in [0.05, 0.1) is 0 Å². The lowest BCUT2D eigenvalue weighted by Crippen LogP contribution is -2.21. The fraction of sp³-hybridized carbons (Fsp3) is 1.00. The van der Waals surface area contributed by atoms with Gasteiger partial charge in [-0.1, -0.05) is 0 Å². The van der Waals surface area contributed by atoms with E-state index in [-0.39, 0.29) is 0 Å². The lowest BCUT2D eigenvalue weighted by atomic mass is 9.97. The third kappa shape index (κ3) is 0.572. The van der Waals surface area contributed by atoms with E-state index in [4.69, 9.17) is 4.18 Å². The largest absolute Gasteiger partial charge is 0.301 e. The van der Waals surface area contributed by atoms with Crippen molar-refractivity contribution in [3.05, 3.63) is 0 Å². The van der Waals surface area contributed by atoms with Crippen LogP contribution in [0.25, 0.3) is 0 Å². The van der Waals surface area contributed by atoms with Crippen LogP contribution in [0, 0.1) is 11.8 Å². The maximum Gasteiger partial charge on any atom is 0.301 e. The van der Waals surface area contributed by atoms with Crippen molar-refractivity contribution in [2.24, 2.45) is 11.8 Å². The molecular formula is C7H10O3S. The zero-order valence-electron chi connectivity index (χ0n) is 6.12. The second kappa shape index (κ2) is 1.50. The molecule has 4 heteroatoms. The quantitative estimate of drug-likeness (QED) is 0.512. The van der Waals surface area contributed by atoms with Crippen LogP contribution in [0.3, 0.4) is 0 Å². The average Bonchev–Trinajstić information content (AvgIpc) is 2.37. The molecule has 1 spiro atoms. The van der Waals surface area contributed by atoms with Crippen molar-refractivity contribution in [3.63, 3.8) is 0 Å². The maximum absolute atomic E-state index is 11.1. The van der Waals surface area contributed by atoms with Gasteiger partial charge in [-0.2, -0.15) is 8.42 Å². The van der Waals surface area contributed by atoms with Crippen molar-refractivity contribution >= 4 is 10.1 Å². The van der Waals surface area contributed by atoms with Crippen molar-refractivity contribution in [2.45, 2.75) is 30.6 Å². The number of rotatable bonds is 0. The van der Waals surface area contributed by atoms with Crippen molar-refractivity contribution in [3.8, 4) is 0 Å². The first-order valence-electron chi connectivity index (χ1n) is 4.09. The highest BCUT2D eigenvalue weighted by Crippen LogP contribution is 2.63. The predicted molar refractivity (Wildman–Crippen MR) is 38.2 cm³/mol. The fourth-order valence-electron chi connectivity index (χ4n) is 2.81. The topological polar surface area (TPSA) is 46.7 Å². The summed E-state index contributed by atoms with van der Waals surface area (Å²) in [7, 11) is -3.09. The molecule has 2 aliphatic carbocycles. The average molecular weight is 174 g/mol. The van der Waals surface area contributed by atoms with Gasteiger partial charge in [-0.25, -0.2) is 4.18 Å². The molecular weight excluding hydrogens is 164 g/mol. The van der Waals surface area contributed by atoms with Gasteiger partial charge in [0.2, 0.25) is 4.93 Å². The van der Waals surface area contributed by atoms with Gasteiger partial charge in [0, 0.05) is 5.92 Å². The Kier molecular flexibility index (Phi) is 0.876. The molecule has 2 bridgehead atoms. The molecule has 3 unspecified atom stereocenters. The van der Waals surface area contributed by atoms with Crippen LogP contribution in [-0.2, 0) is 14.3 Å². The molecule has 3 rings (SSSR count). The Balaban J connectivity index is 2.05. The lowest BCUT2D eigenvalue weighted by Gasteiger charge is -2.12. The van der Waals surface area contributed by atoms with Crippen LogP contribution < -0.4 is 0 Å². The highest BCUT2D eigenvalue weighted by molar-refractivity contribution is 7.93. The van der Waals surface area contributed by atoms with Gasteiger partial charge in [-0.3, -0.25) is 0 Å². The van der Waals surface area contributed by atoms with Gasteiger partial charge in [0.1, 0.15) is 0 Å². The molecule has 3 atom stereocenters. The maximum atomic E-state index is 11.1. The molecule has 1 saturated heterocycles. The van der Waals surface area contributed by atoms with Crippen LogP contribution in [0.5, 0.6) is 0 Å². The van der Waals surface area contributed by atoms with Crippen LogP contribution in [0.4, 0.5) is 0 Å². The van der Waals surface area contributed by atoms with Crippen LogP contribution in [0.2, 0.25) is 0 Å². The molecule has 0 aromatic heterocycles. The Hall–Kier alpha value is -0.0900. The second-order valence-electron chi connectivity index (χ2n) is 3.93. The highest BCUT2D eigenvalue weighted by Gasteiger charge is 2.73. The van der Waals surface area contributed by atoms with E-state index in [2.05, 4.69) is 0 Å². The van der Waals surface area contributed by atoms with E-state index in [0.717, 1.165) is 19.3 Å². The Morgan fingerprint density at radius 3 is 2.36 bits per heavy atom. The minimum atomic E-state index is -3.09. The minimum absolute atomic E-state index is 0.331. The fourth-order valence-corrected chi connectivity index (χ4v) is 4.58. The smallest absolute Gasteiger partial charge is 0.242 e. The first kappa shape index (κ1) is 6.43. The molecule has 2 saturated carbocycles. The molecule has 3 nitrogen and oxygen atoms in total. The van der Waals surface area contributed by atoms with E-state index in [0.29, 0.717) is 11.8 Å². The summed E-state index contributed by atoms with van der Waals surface area (Å²) in [6, 6.07) is 0. The van der Waals surface area contributed by atoms with Crippen molar-refractivity contribution in [2.75, 3.05) is 0 Å². The van der Waals surface area contributed by atoms with Crippen LogP contribution >= 0.6 is 0 Å². The van der Waals surface area contributed by atoms with E-state index in [9.17, 15) is 8.42 Å². The van der Waals surface area contributed by atoms with Gasteiger partial charge >= 0.3 is 10.1 Å². The second-order valence-corrected chi connectivity index (χ2v) is 5.70. The molecule has 0 radical (unpaired) electrons. The summed E-state index contributed by atoms with van der Waals surface area (Å²) in [6.45, 7) is 0. The summed E-state index contributed by atoms with van der Waals surface area (Å²) in [6.07, 6.45) is 4.13. The monoisotopic (exact) mass is 174 g/mol. The summed E-state index contributed by atoms with van der Waals surface area (Å²) >= 11 is 0. The van der Waals surface area contributed by atoms with Gasteiger partial charge in [-0.05, 0) is 31.6 Å². The van der Waals surface area contributed by atoms with Crippen molar-refractivity contribution in [1.29, 1.82) is 0 Å². The van der Waals surface area contributed by atoms with E-state index in [1.54, 1.807) is 0 Å². The van der Waals surface area contributed by atoms with E-state index in [1.807, 2.05) is 0 Å². The third-order valence-electron chi connectivity index (χ3n) is 3.38. The molecule has 0 aromatic carbocycles. The Bertz CT molecular complexity index is 308. The molecule has 3 aliphatic rings. The van der Waals surface area contributed by atoms with E-state index >= 15 is 0 Å². The van der Waals surface area contributed by atoms with E-state index in [1.165, 1.54) is 6.42 Å². The zero-order chi connectivity index (χ0) is 7.69. The third-order valence-corrected chi connectivity index (χ3v) is 5.18. The summed E-state index contributed by atoms with van der Waals surface area (Å²) in [5.74, 6) is 0.967. The van der Waals surface area contributed by atoms with Gasteiger partial charge in [-0.15, -0.1) is 0 Å². The van der Waals surface area contributed by atoms with Gasteiger partial charge in [0.25, 0.3) is 0 Å². The lowest BCUT2D eigenvalue weighted by molar-refractivity contribution is 0.221. The normalized spacial score (nSPS) is 57.1. The standard InChI is InChI=1S/C7H10O3S/c8-11(9)7(10-11)4-5-1-2-6(7)3-5/h5-6H,1-4H2. The zero-order valence-corrected chi connectivity index (χ0v) is 6.93. The SMILES string of the molecule is O=S1(=O)OC12CC1CCC2C1. The van der Waals surface area contributed by atoms with Crippen LogP contribution in [-0.4, -0.2) is 13.4 Å². The Labute approximate surface area is 65.9 Å². The molecule has 0 amide bonds. The highest BCUT2D eigenvalue weighted by atomic mass is 32.2. The Morgan fingerprint density at radius 2 is 2.09 bits per heavy atom. The molecule has 3 fully saturated rings. The molecule has 11 heavy (non-hydrogen) atoms. The molecule has 0 aromatic rings. The summed E-state index contributed by atoms with van der Waals surface area (Å²) in [5.41, 5.74) is 0. The van der Waals surface area contributed by atoms with Crippen LogP contribution in [0.15, 0.2) is 0 Å². The van der Waals surface area contributed by atoms with Gasteiger partial charge < -0.3 is 0 Å². The minimum Gasteiger partial charge on any atom is -0.242 e. The number of hydrogen-bond acceptors (Lipinski definition) is 3. The summed E-state index contributed by atoms with van der Waals surface area (Å²) < 4.78 is 27.0. The predicted octanol–water partition coefficient (Wildman–Crippen LogP) is 0.863.